The molecule has 0 unspecified atom stereocenters. The van der Waals surface area contributed by atoms with E-state index in [9.17, 15) is 9.59 Å². The minimum absolute atomic E-state index is 0.0633. The maximum atomic E-state index is 13.3. The van der Waals surface area contributed by atoms with Gasteiger partial charge in [0.25, 0.3) is 5.56 Å². The standard InChI is InChI=1S/C23H27N3O2S/c1-4-25(5-2)21(27)15-10-16-29-23-24-19-13-8-7-12-18(19)22(28)26(23)20-14-9-6-11-17(20)3/h6-9,11-14H,4-5,10,15-16H2,1-3H3. The quantitative estimate of drug-likeness (QED) is 0.314. The fraction of sp³-hybridized carbons (Fsp3) is 0.348. The number of nitrogens with zero attached hydrogens (tertiary/aromatic N) is 3. The number of carbonyl (C=O) groups is 1. The largest absolute Gasteiger partial charge is 0.343 e. The normalized spacial score (nSPS) is 11.0. The van der Waals surface area contributed by atoms with Crippen molar-refractivity contribution in [3.63, 3.8) is 0 Å². The summed E-state index contributed by atoms with van der Waals surface area (Å²) in [6.45, 7) is 7.46. The molecule has 2 aromatic carbocycles. The van der Waals surface area contributed by atoms with Gasteiger partial charge in [-0.2, -0.15) is 0 Å². The van der Waals surface area contributed by atoms with Crippen LogP contribution in [0, 0.1) is 6.92 Å². The van der Waals surface area contributed by atoms with E-state index in [1.165, 1.54) is 11.8 Å². The van der Waals surface area contributed by atoms with Crippen molar-refractivity contribution in [2.24, 2.45) is 0 Å². The van der Waals surface area contributed by atoms with Gasteiger partial charge in [0, 0.05) is 25.3 Å². The Balaban J connectivity index is 1.89. The number of rotatable bonds is 8. The molecule has 0 bridgehead atoms. The Labute approximate surface area is 175 Å². The summed E-state index contributed by atoms with van der Waals surface area (Å²) < 4.78 is 1.70. The van der Waals surface area contributed by atoms with Crippen molar-refractivity contribution in [2.75, 3.05) is 18.8 Å². The molecule has 0 aliphatic carbocycles. The number of amides is 1. The summed E-state index contributed by atoms with van der Waals surface area (Å²) in [6, 6.07) is 15.3. The molecule has 6 heteroatoms. The number of hydrogen-bond acceptors (Lipinski definition) is 4. The van der Waals surface area contributed by atoms with E-state index in [-0.39, 0.29) is 11.5 Å². The second-order valence-electron chi connectivity index (χ2n) is 6.86. The Morgan fingerprint density at radius 3 is 2.48 bits per heavy atom. The average molecular weight is 410 g/mol. The van der Waals surface area contributed by atoms with Crippen LogP contribution in [-0.2, 0) is 4.79 Å². The molecular formula is C23H27N3O2S. The molecule has 0 spiro atoms. The lowest BCUT2D eigenvalue weighted by Gasteiger charge is -2.18. The highest BCUT2D eigenvalue weighted by Crippen LogP contribution is 2.24. The molecule has 3 rings (SSSR count). The highest BCUT2D eigenvalue weighted by molar-refractivity contribution is 7.99. The molecule has 1 aromatic heterocycles. The topological polar surface area (TPSA) is 55.2 Å². The van der Waals surface area contributed by atoms with Crippen molar-refractivity contribution in [3.05, 3.63) is 64.4 Å². The minimum Gasteiger partial charge on any atom is -0.343 e. The lowest BCUT2D eigenvalue weighted by atomic mass is 10.2. The van der Waals surface area contributed by atoms with Gasteiger partial charge in [-0.25, -0.2) is 4.98 Å². The zero-order valence-electron chi connectivity index (χ0n) is 17.2. The van der Waals surface area contributed by atoms with E-state index < -0.39 is 0 Å². The van der Waals surface area contributed by atoms with E-state index in [1.807, 2.05) is 74.2 Å². The number of aryl methyl sites for hydroxylation is 1. The lowest BCUT2D eigenvalue weighted by Crippen LogP contribution is -2.30. The van der Waals surface area contributed by atoms with Crippen LogP contribution in [0.2, 0.25) is 0 Å². The monoisotopic (exact) mass is 409 g/mol. The molecule has 29 heavy (non-hydrogen) atoms. The van der Waals surface area contributed by atoms with Crippen molar-refractivity contribution in [1.29, 1.82) is 0 Å². The van der Waals surface area contributed by atoms with Crippen molar-refractivity contribution in [3.8, 4) is 5.69 Å². The molecule has 3 aromatic rings. The number of aromatic nitrogens is 2. The molecule has 0 atom stereocenters. The molecule has 1 amide bonds. The van der Waals surface area contributed by atoms with Crippen LogP contribution in [0.1, 0.15) is 32.3 Å². The number of thioether (sulfide) groups is 1. The molecule has 0 radical (unpaired) electrons. The second kappa shape index (κ2) is 9.74. The van der Waals surface area contributed by atoms with Crippen LogP contribution in [-0.4, -0.2) is 39.2 Å². The van der Waals surface area contributed by atoms with Crippen molar-refractivity contribution in [2.45, 2.75) is 38.8 Å². The first kappa shape index (κ1) is 21.1. The predicted octanol–water partition coefficient (Wildman–Crippen LogP) is 4.43. The molecule has 152 valence electrons. The van der Waals surface area contributed by atoms with Gasteiger partial charge < -0.3 is 4.90 Å². The van der Waals surface area contributed by atoms with Gasteiger partial charge in [0.1, 0.15) is 0 Å². The number of para-hydroxylation sites is 2. The molecular weight excluding hydrogens is 382 g/mol. The number of carbonyl (C=O) groups excluding carboxylic acids is 1. The van der Waals surface area contributed by atoms with Crippen LogP contribution < -0.4 is 5.56 Å². The van der Waals surface area contributed by atoms with E-state index in [4.69, 9.17) is 4.98 Å². The Bertz CT molecular complexity index is 1060. The fourth-order valence-electron chi connectivity index (χ4n) is 3.36. The van der Waals surface area contributed by atoms with Gasteiger partial charge in [0.15, 0.2) is 5.16 Å². The van der Waals surface area contributed by atoms with Gasteiger partial charge in [0.2, 0.25) is 5.91 Å². The Kier molecular flexibility index (Phi) is 7.09. The van der Waals surface area contributed by atoms with Gasteiger partial charge in [-0.15, -0.1) is 0 Å². The number of hydrogen-bond donors (Lipinski definition) is 0. The molecule has 0 fully saturated rings. The maximum absolute atomic E-state index is 13.3. The zero-order chi connectivity index (χ0) is 20.8. The summed E-state index contributed by atoms with van der Waals surface area (Å²) in [4.78, 5) is 32.1. The molecule has 0 aliphatic rings. The van der Waals surface area contributed by atoms with E-state index in [0.717, 1.165) is 36.5 Å². The Morgan fingerprint density at radius 1 is 1.07 bits per heavy atom. The van der Waals surface area contributed by atoms with E-state index in [1.54, 1.807) is 4.57 Å². The number of benzene rings is 2. The third-order valence-corrected chi connectivity index (χ3v) is 6.01. The van der Waals surface area contributed by atoms with Crippen LogP contribution in [0.4, 0.5) is 0 Å². The first-order chi connectivity index (χ1) is 14.1. The summed E-state index contributed by atoms with van der Waals surface area (Å²) in [6.07, 6.45) is 1.26. The van der Waals surface area contributed by atoms with E-state index in [0.29, 0.717) is 22.5 Å². The molecule has 0 saturated carbocycles. The van der Waals surface area contributed by atoms with E-state index in [2.05, 4.69) is 0 Å². The fourth-order valence-corrected chi connectivity index (χ4v) is 4.30. The van der Waals surface area contributed by atoms with Gasteiger partial charge >= 0.3 is 0 Å². The van der Waals surface area contributed by atoms with Crippen LogP contribution >= 0.6 is 11.8 Å². The smallest absolute Gasteiger partial charge is 0.266 e. The highest BCUT2D eigenvalue weighted by atomic mass is 32.2. The van der Waals surface area contributed by atoms with Gasteiger partial charge in [0.05, 0.1) is 16.6 Å². The average Bonchev–Trinajstić information content (AvgIpc) is 2.73. The molecule has 1 heterocycles. The summed E-state index contributed by atoms with van der Waals surface area (Å²) in [5, 5.41) is 1.27. The minimum atomic E-state index is -0.0633. The third-order valence-electron chi connectivity index (χ3n) is 4.98. The van der Waals surface area contributed by atoms with E-state index >= 15 is 0 Å². The Hall–Kier alpha value is -2.60. The van der Waals surface area contributed by atoms with Crippen LogP contribution in [0.3, 0.4) is 0 Å². The van der Waals surface area contributed by atoms with Crippen molar-refractivity contribution >= 4 is 28.6 Å². The predicted molar refractivity (Wildman–Crippen MR) is 120 cm³/mol. The second-order valence-corrected chi connectivity index (χ2v) is 7.92. The van der Waals surface area contributed by atoms with Crippen LogP contribution in [0.5, 0.6) is 0 Å². The lowest BCUT2D eigenvalue weighted by molar-refractivity contribution is -0.130. The van der Waals surface area contributed by atoms with Crippen LogP contribution in [0.25, 0.3) is 16.6 Å². The first-order valence-corrected chi connectivity index (χ1v) is 11.0. The highest BCUT2D eigenvalue weighted by Gasteiger charge is 2.15. The van der Waals surface area contributed by atoms with Crippen molar-refractivity contribution in [1.82, 2.24) is 14.5 Å². The third kappa shape index (κ3) is 4.70. The first-order valence-electron chi connectivity index (χ1n) is 10.0. The molecule has 0 N–H and O–H groups in total. The molecule has 0 saturated heterocycles. The van der Waals surface area contributed by atoms with Gasteiger partial charge in [-0.05, 0) is 51.0 Å². The summed E-state index contributed by atoms with van der Waals surface area (Å²) in [5.41, 5.74) is 2.50. The van der Waals surface area contributed by atoms with Gasteiger partial charge in [-0.1, -0.05) is 42.1 Å². The summed E-state index contributed by atoms with van der Waals surface area (Å²) in [5.74, 6) is 0.905. The molecule has 5 nitrogen and oxygen atoms in total. The maximum Gasteiger partial charge on any atom is 0.266 e. The van der Waals surface area contributed by atoms with Crippen molar-refractivity contribution < 1.29 is 4.79 Å². The SMILES string of the molecule is CCN(CC)C(=O)CCCSc1nc2ccccc2c(=O)n1-c1ccccc1C. The molecule has 0 aliphatic heterocycles. The summed E-state index contributed by atoms with van der Waals surface area (Å²) >= 11 is 1.53. The zero-order valence-corrected chi connectivity index (χ0v) is 18.0. The van der Waals surface area contributed by atoms with Crippen LogP contribution in [0.15, 0.2) is 58.5 Å². The summed E-state index contributed by atoms with van der Waals surface area (Å²) in [7, 11) is 0. The van der Waals surface area contributed by atoms with Gasteiger partial charge in [-0.3, -0.25) is 14.2 Å². The Morgan fingerprint density at radius 2 is 1.76 bits per heavy atom. The number of fused-ring (bicyclic) bond motifs is 1.